The van der Waals surface area contributed by atoms with E-state index in [0.29, 0.717) is 29.9 Å². The number of hydrogen-bond acceptors (Lipinski definition) is 5. The van der Waals surface area contributed by atoms with E-state index in [4.69, 9.17) is 21.1 Å². The Balaban J connectivity index is 1.26. The zero-order chi connectivity index (χ0) is 18.9. The van der Waals surface area contributed by atoms with Crippen LogP contribution in [0.25, 0.3) is 5.65 Å². The molecule has 5 rings (SSSR count). The SMILES string of the molecule is Clc1cc(CN2CCC(c3nnc4ccccn34)CC2)cc2c1OCCCO2. The molecule has 0 amide bonds. The number of fused-ring (bicyclic) bond motifs is 2. The van der Waals surface area contributed by atoms with Gasteiger partial charge in [-0.15, -0.1) is 10.2 Å². The lowest BCUT2D eigenvalue weighted by atomic mass is 9.95. The molecule has 7 heteroatoms. The quantitative estimate of drug-likeness (QED) is 0.669. The summed E-state index contributed by atoms with van der Waals surface area (Å²) in [7, 11) is 0. The molecule has 0 N–H and O–H groups in total. The summed E-state index contributed by atoms with van der Waals surface area (Å²) in [6, 6.07) is 10.1. The number of aromatic nitrogens is 3. The summed E-state index contributed by atoms with van der Waals surface area (Å²) < 4.78 is 13.7. The minimum atomic E-state index is 0.445. The smallest absolute Gasteiger partial charge is 0.179 e. The first-order valence-corrected chi connectivity index (χ1v) is 10.3. The summed E-state index contributed by atoms with van der Waals surface area (Å²) >= 11 is 6.44. The van der Waals surface area contributed by atoms with E-state index >= 15 is 0 Å². The number of benzene rings is 1. The monoisotopic (exact) mass is 398 g/mol. The van der Waals surface area contributed by atoms with E-state index in [1.165, 1.54) is 5.56 Å². The van der Waals surface area contributed by atoms with E-state index in [0.717, 1.165) is 56.1 Å². The summed E-state index contributed by atoms with van der Waals surface area (Å²) in [5.41, 5.74) is 2.09. The van der Waals surface area contributed by atoms with Gasteiger partial charge in [0.25, 0.3) is 0 Å². The van der Waals surface area contributed by atoms with Crippen molar-refractivity contribution in [1.82, 2.24) is 19.5 Å². The molecular formula is C21H23ClN4O2. The molecule has 1 aromatic carbocycles. The molecule has 2 aromatic heterocycles. The molecule has 146 valence electrons. The number of ether oxygens (including phenoxy) is 2. The molecule has 0 bridgehead atoms. The summed E-state index contributed by atoms with van der Waals surface area (Å²) in [6.45, 7) is 4.24. The summed E-state index contributed by atoms with van der Waals surface area (Å²) in [5.74, 6) is 2.97. The molecule has 0 radical (unpaired) electrons. The van der Waals surface area contributed by atoms with Crippen LogP contribution in [-0.4, -0.2) is 45.8 Å². The third-order valence-corrected chi connectivity index (χ3v) is 5.84. The molecule has 28 heavy (non-hydrogen) atoms. The summed E-state index contributed by atoms with van der Waals surface area (Å²) in [6.07, 6.45) is 5.09. The second-order valence-corrected chi connectivity index (χ2v) is 7.90. The van der Waals surface area contributed by atoms with E-state index in [1.54, 1.807) is 0 Å². The molecular weight excluding hydrogens is 376 g/mol. The molecule has 3 aromatic rings. The first kappa shape index (κ1) is 17.8. The van der Waals surface area contributed by atoms with Gasteiger partial charge in [-0.2, -0.15) is 0 Å². The molecule has 1 saturated heterocycles. The van der Waals surface area contributed by atoms with Crippen LogP contribution in [0.5, 0.6) is 11.5 Å². The minimum absolute atomic E-state index is 0.445. The molecule has 2 aliphatic rings. The zero-order valence-corrected chi connectivity index (χ0v) is 16.4. The molecule has 1 fully saturated rings. The van der Waals surface area contributed by atoms with Crippen molar-refractivity contribution in [2.24, 2.45) is 0 Å². The van der Waals surface area contributed by atoms with E-state index in [9.17, 15) is 0 Å². The molecule has 0 unspecified atom stereocenters. The van der Waals surface area contributed by atoms with Gasteiger partial charge in [-0.05, 0) is 55.8 Å². The van der Waals surface area contributed by atoms with Gasteiger partial charge in [0.15, 0.2) is 17.1 Å². The Hall–Kier alpha value is -2.31. The predicted molar refractivity (Wildman–Crippen MR) is 107 cm³/mol. The number of rotatable bonds is 3. The summed E-state index contributed by atoms with van der Waals surface area (Å²) in [5, 5.41) is 9.38. The van der Waals surface area contributed by atoms with Crippen LogP contribution in [0.15, 0.2) is 36.5 Å². The second kappa shape index (κ2) is 7.60. The zero-order valence-electron chi connectivity index (χ0n) is 15.7. The highest BCUT2D eigenvalue weighted by Gasteiger charge is 2.25. The highest BCUT2D eigenvalue weighted by molar-refractivity contribution is 6.32. The largest absolute Gasteiger partial charge is 0.489 e. The maximum absolute atomic E-state index is 6.44. The Bertz CT molecular complexity index is 982. The normalized spacial score (nSPS) is 18.3. The Kier molecular flexibility index (Phi) is 4.82. The van der Waals surface area contributed by atoms with Crippen molar-refractivity contribution in [2.75, 3.05) is 26.3 Å². The third-order valence-electron chi connectivity index (χ3n) is 5.56. The van der Waals surface area contributed by atoms with Crippen LogP contribution < -0.4 is 9.47 Å². The van der Waals surface area contributed by atoms with Crippen molar-refractivity contribution < 1.29 is 9.47 Å². The molecule has 2 aliphatic heterocycles. The number of halogens is 1. The van der Waals surface area contributed by atoms with Crippen molar-refractivity contribution in [1.29, 1.82) is 0 Å². The number of nitrogens with zero attached hydrogens (tertiary/aromatic N) is 4. The van der Waals surface area contributed by atoms with E-state index in [2.05, 4.69) is 31.8 Å². The fourth-order valence-corrected chi connectivity index (χ4v) is 4.41. The topological polar surface area (TPSA) is 51.9 Å². The molecule has 0 aliphatic carbocycles. The van der Waals surface area contributed by atoms with Crippen molar-refractivity contribution in [3.8, 4) is 11.5 Å². The Labute approximate surface area is 169 Å². The van der Waals surface area contributed by atoms with E-state index < -0.39 is 0 Å². The highest BCUT2D eigenvalue weighted by Crippen LogP contribution is 2.38. The predicted octanol–water partition coefficient (Wildman–Crippen LogP) is 3.92. The Morgan fingerprint density at radius 3 is 2.82 bits per heavy atom. The van der Waals surface area contributed by atoms with Gasteiger partial charge in [-0.3, -0.25) is 9.30 Å². The molecule has 0 saturated carbocycles. The van der Waals surface area contributed by atoms with Crippen LogP contribution in [0.2, 0.25) is 5.02 Å². The van der Waals surface area contributed by atoms with Crippen LogP contribution >= 0.6 is 11.6 Å². The van der Waals surface area contributed by atoms with E-state index in [1.807, 2.05) is 24.3 Å². The highest BCUT2D eigenvalue weighted by atomic mass is 35.5. The van der Waals surface area contributed by atoms with Gasteiger partial charge in [0, 0.05) is 25.1 Å². The average molecular weight is 399 g/mol. The number of likely N-dealkylation sites (tertiary alicyclic amines) is 1. The van der Waals surface area contributed by atoms with Gasteiger partial charge < -0.3 is 9.47 Å². The number of piperidine rings is 1. The van der Waals surface area contributed by atoms with Crippen molar-refractivity contribution >= 4 is 17.2 Å². The second-order valence-electron chi connectivity index (χ2n) is 7.49. The molecule has 0 atom stereocenters. The van der Waals surface area contributed by atoms with Crippen molar-refractivity contribution in [2.45, 2.75) is 31.7 Å². The fourth-order valence-electron chi connectivity index (χ4n) is 4.12. The first-order chi connectivity index (χ1) is 13.8. The molecule has 6 nitrogen and oxygen atoms in total. The van der Waals surface area contributed by atoms with Gasteiger partial charge in [0.1, 0.15) is 5.82 Å². The van der Waals surface area contributed by atoms with Crippen LogP contribution in [0, 0.1) is 0 Å². The van der Waals surface area contributed by atoms with Gasteiger partial charge in [-0.1, -0.05) is 17.7 Å². The van der Waals surface area contributed by atoms with Crippen LogP contribution in [0.1, 0.15) is 36.6 Å². The fraction of sp³-hybridized carbons (Fsp3) is 0.429. The van der Waals surface area contributed by atoms with Gasteiger partial charge in [0.2, 0.25) is 0 Å². The van der Waals surface area contributed by atoms with Gasteiger partial charge >= 0.3 is 0 Å². The first-order valence-electron chi connectivity index (χ1n) is 9.88. The minimum Gasteiger partial charge on any atom is -0.489 e. The van der Waals surface area contributed by atoms with Crippen molar-refractivity contribution in [3.63, 3.8) is 0 Å². The molecule has 4 heterocycles. The average Bonchev–Trinajstić information content (AvgIpc) is 2.99. The number of pyridine rings is 1. The lowest BCUT2D eigenvalue weighted by molar-refractivity contribution is 0.201. The Morgan fingerprint density at radius 2 is 1.93 bits per heavy atom. The maximum Gasteiger partial charge on any atom is 0.179 e. The maximum atomic E-state index is 6.44. The van der Waals surface area contributed by atoms with Gasteiger partial charge in [0.05, 0.1) is 18.2 Å². The third kappa shape index (κ3) is 3.42. The summed E-state index contributed by atoms with van der Waals surface area (Å²) in [4.78, 5) is 2.47. The van der Waals surface area contributed by atoms with Crippen LogP contribution in [0.3, 0.4) is 0 Å². The lowest BCUT2D eigenvalue weighted by Crippen LogP contribution is -2.33. The van der Waals surface area contributed by atoms with Crippen molar-refractivity contribution in [3.05, 3.63) is 52.9 Å². The van der Waals surface area contributed by atoms with E-state index in [-0.39, 0.29) is 0 Å². The molecule has 0 spiro atoms. The standard InChI is InChI=1S/C21H23ClN4O2/c22-17-12-15(13-18-20(17)28-11-3-10-27-18)14-25-8-5-16(6-9-25)21-24-23-19-4-1-2-7-26(19)21/h1-2,4,7,12-13,16H,3,5-6,8-11,14H2. The van der Waals surface area contributed by atoms with Crippen LogP contribution in [-0.2, 0) is 6.54 Å². The van der Waals surface area contributed by atoms with Crippen LogP contribution in [0.4, 0.5) is 0 Å². The number of hydrogen-bond donors (Lipinski definition) is 0. The van der Waals surface area contributed by atoms with Gasteiger partial charge in [-0.25, -0.2) is 0 Å². The lowest BCUT2D eigenvalue weighted by Gasteiger charge is -2.31. The Morgan fingerprint density at radius 1 is 1.07 bits per heavy atom.